The van der Waals surface area contributed by atoms with Crippen molar-refractivity contribution in [2.24, 2.45) is 102 Å². The van der Waals surface area contributed by atoms with Gasteiger partial charge in [-0.3, -0.25) is 49.9 Å². The first kappa shape index (κ1) is 109. The molecule has 0 amide bonds. The number of H-pyrrole nitrogens is 6. The van der Waals surface area contributed by atoms with Crippen molar-refractivity contribution in [2.45, 2.75) is 132 Å². The van der Waals surface area contributed by atoms with Crippen LogP contribution in [-0.2, 0) is 41.9 Å². The molecule has 0 aliphatic rings. The van der Waals surface area contributed by atoms with Crippen LogP contribution in [0.1, 0.15) is 110 Å². The number of aromatic amines is 6. The first-order chi connectivity index (χ1) is 64.0. The summed E-state index contributed by atoms with van der Waals surface area (Å²) in [5.74, 6) is -4.54. The van der Waals surface area contributed by atoms with E-state index in [0.717, 1.165) is 170 Å². The van der Waals surface area contributed by atoms with Crippen molar-refractivity contribution in [3.8, 4) is 34.5 Å². The number of benzene rings is 8. The summed E-state index contributed by atoms with van der Waals surface area (Å²) >= 11 is 0. The molecular weight excluding hydrogens is 1820 g/mol. The Balaban J connectivity index is 0.000000344. The number of aliphatic hydroxyl groups excluding tert-OH is 1. The number of aromatic hydroxyl groups is 3. The van der Waals surface area contributed by atoms with E-state index >= 15 is 0 Å². The molecule has 135 heavy (non-hydrogen) atoms. The van der Waals surface area contributed by atoms with Crippen LogP contribution >= 0.6 is 0 Å². The minimum absolute atomic E-state index is 0. The van der Waals surface area contributed by atoms with Gasteiger partial charge in [-0.1, -0.05) is 96.9 Å². The number of carboxylic acid groups (broad SMARTS) is 1. The maximum atomic E-state index is 12.6. The number of azo groups is 6. The number of hydrogen-bond donors (Lipinski definition) is 13. The molecule has 10 aromatic rings. The molecule has 0 aliphatic heterocycles. The molecule has 46 heteroatoms. The second-order valence-electron chi connectivity index (χ2n) is 30.2. The average molecular weight is 1940 g/mol. The van der Waals surface area contributed by atoms with E-state index in [0.29, 0.717) is 117 Å². The van der Waals surface area contributed by atoms with Crippen LogP contribution in [0.5, 0.6) is 34.5 Å². The van der Waals surface area contributed by atoms with Gasteiger partial charge in [-0.25, -0.2) is 41.9 Å². The normalized spacial score (nSPS) is 12.8. The Kier molecular flexibility index (Phi) is 43.5. The monoisotopic (exact) mass is 1930 g/mol. The Hall–Kier alpha value is -13.4. The van der Waals surface area contributed by atoms with Gasteiger partial charge in [0.2, 0.25) is 53.8 Å². The molecule has 43 nitrogen and oxygen atoms in total. The fourth-order valence-electron chi connectivity index (χ4n) is 12.5. The number of aliphatic carboxylic acids is 1. The van der Waals surface area contributed by atoms with Crippen molar-refractivity contribution >= 4 is 106 Å². The van der Waals surface area contributed by atoms with Crippen LogP contribution in [0.2, 0.25) is 0 Å². The van der Waals surface area contributed by atoms with Gasteiger partial charge in [0.15, 0.2) is 0 Å². The molecular formula is C89H117FeN30O13S2. The number of primary sulfonamides is 2. The minimum Gasteiger partial charge on any atom is -0.871 e. The second kappa shape index (κ2) is 54.1. The molecule has 1 unspecified atom stereocenters. The SMILES string of the molecule is CC(O)C(=O)O.CCN(CC)CCCN=c1[nH]c(=NCCCN(CC)CC)[nH]c(=Nc2cccc(N=Nc3cc(C)c(N=Nc4cc(N=Nc5cc(S(N)(=O)=O)ccc5O)c(O)cc4O)cc3C)c2)[nH]1.CCN(CC)CCCN=c1[nH]c(=NCCCN(CC)CC)[nH]c(=Nc2cccc(N=Nc3cc(C)c(N=Nc4cc(N=Nc5cc(S(N)(=O)=O)ccc5[O-])c([O-])cc4[O-])cc3C)c2)[nH]1.[Fe+3]. The molecule has 2 aromatic heterocycles. The number of sulfonamides is 2. The van der Waals surface area contributed by atoms with E-state index in [1.54, 1.807) is 31.2 Å². The van der Waals surface area contributed by atoms with Crippen molar-refractivity contribution in [1.29, 1.82) is 0 Å². The molecule has 0 fully saturated rings. The number of aryl methyl sites for hydroxylation is 4. The number of phenols is 3. The zero-order valence-corrected chi connectivity index (χ0v) is 80.3. The van der Waals surface area contributed by atoms with Gasteiger partial charge in [0.25, 0.3) is 0 Å². The van der Waals surface area contributed by atoms with E-state index in [4.69, 9.17) is 50.4 Å². The van der Waals surface area contributed by atoms with Crippen LogP contribution in [0.25, 0.3) is 0 Å². The average Bonchev–Trinajstić information content (AvgIpc) is 0.856. The molecule has 0 saturated heterocycles. The Labute approximate surface area is 791 Å². The topological polar surface area (TPSA) is 638 Å². The summed E-state index contributed by atoms with van der Waals surface area (Å²) in [5, 5.41) is 145. The van der Waals surface area contributed by atoms with Gasteiger partial charge in [0.05, 0.1) is 72.4 Å². The molecule has 15 N–H and O–H groups in total. The van der Waals surface area contributed by atoms with Gasteiger partial charge in [-0.05, 0) is 258 Å². The van der Waals surface area contributed by atoms with Gasteiger partial charge >= 0.3 is 23.0 Å². The predicted octanol–water partition coefficient (Wildman–Crippen LogP) is 13.1. The first-order valence-corrected chi connectivity index (χ1v) is 46.6. The molecule has 721 valence electrons. The van der Waals surface area contributed by atoms with Gasteiger partial charge in [-0.15, -0.1) is 15.3 Å². The summed E-state index contributed by atoms with van der Waals surface area (Å²) in [6.45, 7) is 40.2. The van der Waals surface area contributed by atoms with Crippen molar-refractivity contribution in [3.63, 3.8) is 0 Å². The summed E-state index contributed by atoms with van der Waals surface area (Å²) in [4.78, 5) is 66.6. The van der Waals surface area contributed by atoms with E-state index in [9.17, 15) is 52.3 Å². The van der Waals surface area contributed by atoms with Crippen LogP contribution < -0.4 is 59.3 Å². The number of rotatable bonds is 41. The van der Waals surface area contributed by atoms with E-state index in [1.165, 1.54) is 13.0 Å². The molecule has 0 bridgehead atoms. The molecule has 2 heterocycles. The molecule has 8 aromatic carbocycles. The van der Waals surface area contributed by atoms with Gasteiger partial charge in [-0.2, -0.15) is 46.0 Å². The number of nitrogens with two attached hydrogens (primary N) is 2. The van der Waals surface area contributed by atoms with Crippen molar-refractivity contribution < 1.29 is 79.6 Å². The van der Waals surface area contributed by atoms with Gasteiger partial charge < -0.3 is 60.5 Å². The molecule has 0 saturated carbocycles. The fourth-order valence-corrected chi connectivity index (χ4v) is 13.5. The van der Waals surface area contributed by atoms with Crippen molar-refractivity contribution in [1.82, 2.24) is 49.5 Å². The summed E-state index contributed by atoms with van der Waals surface area (Å²) in [5.41, 5.74) is 9.28. The Bertz CT molecular complexity index is 6080. The largest absolute Gasteiger partial charge is 3.00 e. The maximum absolute atomic E-state index is 12.6. The summed E-state index contributed by atoms with van der Waals surface area (Å²) in [6, 6.07) is 32.0. The van der Waals surface area contributed by atoms with Crippen LogP contribution in [0.15, 0.2) is 235 Å². The third-order valence-corrected chi connectivity index (χ3v) is 22.2. The van der Waals surface area contributed by atoms with Crippen molar-refractivity contribution in [2.75, 3.05) is 105 Å². The Morgan fingerprint density at radius 3 is 0.933 bits per heavy atom. The summed E-state index contributed by atoms with van der Waals surface area (Å²) in [7, 11) is -8.20. The number of nitrogens with zero attached hydrogens (tertiary/aromatic N) is 22. The van der Waals surface area contributed by atoms with Crippen LogP contribution in [0.3, 0.4) is 0 Å². The van der Waals surface area contributed by atoms with E-state index in [2.05, 4.69) is 166 Å². The third-order valence-electron chi connectivity index (χ3n) is 20.4. The Morgan fingerprint density at radius 2 is 0.615 bits per heavy atom. The number of aliphatic hydroxyl groups is 1. The van der Waals surface area contributed by atoms with Crippen molar-refractivity contribution in [3.05, 3.63) is 189 Å². The minimum atomic E-state index is -4.12. The standard InChI is InChI=1S/2C43H57N15O5S.C3H6O3.Fe/c2*1-7-57(8-2)20-12-18-45-41-48-42(46-19-13-21-58(9-3)10-4)50-43(49-41)47-30-14-11-15-31(24-30)51-52-33-22-29(6)34(23-28(33)5)53-55-36-26-37(40(61)27-39(36)60)56-54-35-25-32(64(44,62)63)16-17-38(35)59;1-2(4)3(5)6;/h2*11,14-17,22-27,59-61H,7-10,12-13,18-21H2,1-6H3,(H2,44,62,63)(H3,45,46,47,48,49,50);2,4H,1H3,(H,5,6);/q;;;+3/p-3. The van der Waals surface area contributed by atoms with E-state index in [1.807, 2.05) is 69.3 Å². The zero-order valence-electron chi connectivity index (χ0n) is 77.6. The number of phenolic OH excluding ortho intramolecular Hbond substituents is 3. The van der Waals surface area contributed by atoms with E-state index in [-0.39, 0.29) is 72.5 Å². The number of aromatic nitrogens is 6. The van der Waals surface area contributed by atoms with Crippen LogP contribution in [0.4, 0.5) is 79.6 Å². The van der Waals surface area contributed by atoms with Crippen LogP contribution in [-0.4, -0.2) is 209 Å². The third kappa shape index (κ3) is 35.5. The van der Waals surface area contributed by atoms with Gasteiger partial charge in [0.1, 0.15) is 40.4 Å². The fraction of sp³-hybridized carbons (Fsp3) is 0.382. The van der Waals surface area contributed by atoms with Crippen LogP contribution in [0, 0.1) is 27.7 Å². The predicted molar refractivity (Wildman–Crippen MR) is 502 cm³/mol. The maximum Gasteiger partial charge on any atom is 3.00 e. The second-order valence-corrected chi connectivity index (χ2v) is 33.3. The number of carbonyl (C=O) groups is 1. The number of nitrogens with one attached hydrogen (secondary N) is 6. The molecule has 0 aliphatic carbocycles. The molecule has 0 spiro atoms. The summed E-state index contributed by atoms with van der Waals surface area (Å²) < 4.78 is 46.9. The Morgan fingerprint density at radius 1 is 0.348 bits per heavy atom. The van der Waals surface area contributed by atoms with Gasteiger partial charge in [0, 0.05) is 38.3 Å². The number of carboxylic acids is 1. The number of hydrogen-bond acceptors (Lipinski definition) is 34. The van der Waals surface area contributed by atoms with E-state index < -0.39 is 55.1 Å². The zero-order chi connectivity index (χ0) is 97.6. The summed E-state index contributed by atoms with van der Waals surface area (Å²) in [6.07, 6.45) is 2.44. The smallest absolute Gasteiger partial charge is 0.871 e. The molecule has 1 atom stereocenters. The first-order valence-electron chi connectivity index (χ1n) is 43.5. The molecule has 1 radical (unpaired) electrons. The molecule has 10 rings (SSSR count). The quantitative estimate of drug-likeness (QED) is 0.00961.